The normalized spacial score (nSPS) is 41.8. The lowest BCUT2D eigenvalue weighted by atomic mass is 9.59. The average molecular weight is 190 g/mol. The van der Waals surface area contributed by atoms with E-state index in [4.69, 9.17) is 0 Å². The maximum Gasteiger partial charge on any atom is -0.00448 e. The molecule has 2 aliphatic carbocycles. The zero-order valence-electron chi connectivity index (χ0n) is 9.72. The number of hydrogen-bond donors (Lipinski definition) is 0. The molecule has 0 unspecified atom stereocenters. The van der Waals surface area contributed by atoms with E-state index in [-0.39, 0.29) is 0 Å². The van der Waals surface area contributed by atoms with Gasteiger partial charge in [-0.05, 0) is 42.1 Å². The molecular formula is C14H22. The summed E-state index contributed by atoms with van der Waals surface area (Å²) in [5, 5.41) is 0. The van der Waals surface area contributed by atoms with Gasteiger partial charge >= 0.3 is 0 Å². The Labute approximate surface area is 88.1 Å². The molecule has 0 amide bonds. The highest BCUT2D eigenvalue weighted by atomic mass is 14.4. The third-order valence-corrected chi connectivity index (χ3v) is 4.40. The summed E-state index contributed by atoms with van der Waals surface area (Å²) >= 11 is 0. The van der Waals surface area contributed by atoms with Gasteiger partial charge < -0.3 is 0 Å². The van der Waals surface area contributed by atoms with Gasteiger partial charge in [-0.2, -0.15) is 0 Å². The molecule has 0 fully saturated rings. The van der Waals surface area contributed by atoms with Crippen molar-refractivity contribution in [2.75, 3.05) is 0 Å². The molecule has 0 bridgehead atoms. The van der Waals surface area contributed by atoms with Crippen molar-refractivity contribution in [1.82, 2.24) is 0 Å². The topological polar surface area (TPSA) is 0 Å². The average Bonchev–Trinajstić information content (AvgIpc) is 2.17. The molecule has 0 aliphatic heterocycles. The van der Waals surface area contributed by atoms with Crippen molar-refractivity contribution in [3.63, 3.8) is 0 Å². The zero-order chi connectivity index (χ0) is 10.2. The summed E-state index contributed by atoms with van der Waals surface area (Å²) in [6, 6.07) is 0. The Morgan fingerprint density at radius 3 is 3.00 bits per heavy atom. The Morgan fingerprint density at radius 1 is 1.50 bits per heavy atom. The van der Waals surface area contributed by atoms with Crippen molar-refractivity contribution in [2.24, 2.45) is 17.3 Å². The van der Waals surface area contributed by atoms with Crippen LogP contribution in [0.4, 0.5) is 0 Å². The Kier molecular flexibility index (Phi) is 2.55. The van der Waals surface area contributed by atoms with Crippen LogP contribution in [0, 0.1) is 17.3 Å². The number of rotatable bonds is 1. The standard InChI is InChI=1S/C14H22/c1-4-13-11(2)8-9-12-7-5-6-10-14(12,13)3/h7-9,11,13H,4-6,10H2,1-3H3/t11-,13-,14-/m0/s1. The minimum atomic E-state index is 0.487. The molecule has 0 aromatic heterocycles. The van der Waals surface area contributed by atoms with Gasteiger partial charge in [0.15, 0.2) is 0 Å². The van der Waals surface area contributed by atoms with Crippen LogP contribution in [0.15, 0.2) is 23.8 Å². The minimum absolute atomic E-state index is 0.487. The van der Waals surface area contributed by atoms with Crippen LogP contribution in [0.1, 0.15) is 46.5 Å². The summed E-state index contributed by atoms with van der Waals surface area (Å²) in [4.78, 5) is 0. The van der Waals surface area contributed by atoms with E-state index >= 15 is 0 Å². The number of hydrogen-bond acceptors (Lipinski definition) is 0. The van der Waals surface area contributed by atoms with E-state index < -0.39 is 0 Å². The summed E-state index contributed by atoms with van der Waals surface area (Å²) < 4.78 is 0. The molecule has 2 aliphatic rings. The molecule has 0 saturated carbocycles. The molecule has 0 heterocycles. The van der Waals surface area contributed by atoms with E-state index in [9.17, 15) is 0 Å². The number of fused-ring (bicyclic) bond motifs is 1. The molecule has 0 heteroatoms. The van der Waals surface area contributed by atoms with E-state index in [1.807, 2.05) is 0 Å². The number of allylic oxidation sites excluding steroid dienone is 4. The molecule has 0 spiro atoms. The maximum absolute atomic E-state index is 2.48. The molecule has 14 heavy (non-hydrogen) atoms. The molecule has 2 rings (SSSR count). The van der Waals surface area contributed by atoms with Gasteiger partial charge in [0.2, 0.25) is 0 Å². The first kappa shape index (κ1) is 10.0. The molecule has 0 N–H and O–H groups in total. The smallest absolute Gasteiger partial charge is 0.00448 e. The molecule has 0 aromatic carbocycles. The highest BCUT2D eigenvalue weighted by Crippen LogP contribution is 2.51. The fraction of sp³-hybridized carbons (Fsp3) is 0.714. The van der Waals surface area contributed by atoms with Crippen LogP contribution in [-0.2, 0) is 0 Å². The van der Waals surface area contributed by atoms with Crippen molar-refractivity contribution in [2.45, 2.75) is 46.5 Å². The fourth-order valence-electron chi connectivity index (χ4n) is 3.55. The van der Waals surface area contributed by atoms with E-state index in [1.165, 1.54) is 25.7 Å². The van der Waals surface area contributed by atoms with Crippen LogP contribution >= 0.6 is 0 Å². The van der Waals surface area contributed by atoms with Gasteiger partial charge in [-0.25, -0.2) is 0 Å². The highest BCUT2D eigenvalue weighted by Gasteiger charge is 2.40. The van der Waals surface area contributed by atoms with Gasteiger partial charge in [0.05, 0.1) is 0 Å². The first-order valence-corrected chi connectivity index (χ1v) is 6.07. The van der Waals surface area contributed by atoms with Gasteiger partial charge in [0, 0.05) is 0 Å². The lowest BCUT2D eigenvalue weighted by molar-refractivity contribution is 0.156. The van der Waals surface area contributed by atoms with Gasteiger partial charge in [-0.15, -0.1) is 0 Å². The second-order valence-corrected chi connectivity index (χ2v) is 5.20. The Hall–Kier alpha value is -0.520. The predicted octanol–water partition coefficient (Wildman–Crippen LogP) is 4.34. The molecule has 0 radical (unpaired) electrons. The van der Waals surface area contributed by atoms with Crippen molar-refractivity contribution >= 4 is 0 Å². The molecule has 0 nitrogen and oxygen atoms in total. The van der Waals surface area contributed by atoms with Crippen molar-refractivity contribution < 1.29 is 0 Å². The Morgan fingerprint density at radius 2 is 2.29 bits per heavy atom. The van der Waals surface area contributed by atoms with Crippen LogP contribution in [0.3, 0.4) is 0 Å². The first-order chi connectivity index (χ1) is 6.68. The quantitative estimate of drug-likeness (QED) is 0.577. The summed E-state index contributed by atoms with van der Waals surface area (Å²) in [5.74, 6) is 1.62. The second-order valence-electron chi connectivity index (χ2n) is 5.20. The van der Waals surface area contributed by atoms with Crippen LogP contribution in [0.5, 0.6) is 0 Å². The van der Waals surface area contributed by atoms with E-state index in [1.54, 1.807) is 5.57 Å². The molecular weight excluding hydrogens is 168 g/mol. The summed E-state index contributed by atoms with van der Waals surface area (Å²) in [6.07, 6.45) is 12.7. The van der Waals surface area contributed by atoms with Crippen LogP contribution in [0.25, 0.3) is 0 Å². The zero-order valence-corrected chi connectivity index (χ0v) is 9.72. The molecule has 0 aromatic rings. The summed E-state index contributed by atoms with van der Waals surface area (Å²) in [7, 11) is 0. The van der Waals surface area contributed by atoms with E-state index in [0.29, 0.717) is 5.41 Å². The fourth-order valence-corrected chi connectivity index (χ4v) is 3.55. The Balaban J connectivity index is 2.39. The maximum atomic E-state index is 2.48. The highest BCUT2D eigenvalue weighted by molar-refractivity contribution is 5.33. The largest absolute Gasteiger partial charge is 0.0811 e. The van der Waals surface area contributed by atoms with Crippen molar-refractivity contribution in [1.29, 1.82) is 0 Å². The van der Waals surface area contributed by atoms with Crippen LogP contribution in [-0.4, -0.2) is 0 Å². The Bertz CT molecular complexity index is 272. The predicted molar refractivity (Wildman–Crippen MR) is 62.1 cm³/mol. The lowest BCUT2D eigenvalue weighted by Crippen LogP contribution is -2.36. The minimum Gasteiger partial charge on any atom is -0.0811 e. The van der Waals surface area contributed by atoms with E-state index in [0.717, 1.165) is 11.8 Å². The van der Waals surface area contributed by atoms with Gasteiger partial charge in [0.25, 0.3) is 0 Å². The summed E-state index contributed by atoms with van der Waals surface area (Å²) in [6.45, 7) is 7.20. The van der Waals surface area contributed by atoms with Gasteiger partial charge in [-0.3, -0.25) is 0 Å². The summed E-state index contributed by atoms with van der Waals surface area (Å²) in [5.41, 5.74) is 2.11. The monoisotopic (exact) mass is 190 g/mol. The SMILES string of the molecule is CC[C@H]1[C@@H](C)C=CC2=CCCC[C@@]21C. The van der Waals surface area contributed by atoms with Gasteiger partial charge in [0.1, 0.15) is 0 Å². The third-order valence-electron chi connectivity index (χ3n) is 4.40. The van der Waals surface area contributed by atoms with Crippen LogP contribution in [0.2, 0.25) is 0 Å². The second kappa shape index (κ2) is 3.56. The van der Waals surface area contributed by atoms with Crippen LogP contribution < -0.4 is 0 Å². The molecule has 0 saturated heterocycles. The molecule has 3 atom stereocenters. The lowest BCUT2D eigenvalue weighted by Gasteiger charge is -2.46. The van der Waals surface area contributed by atoms with Gasteiger partial charge in [-0.1, -0.05) is 45.4 Å². The third kappa shape index (κ3) is 1.36. The van der Waals surface area contributed by atoms with Crippen molar-refractivity contribution in [3.8, 4) is 0 Å². The van der Waals surface area contributed by atoms with Crippen molar-refractivity contribution in [3.05, 3.63) is 23.8 Å². The molecule has 78 valence electrons. The first-order valence-electron chi connectivity index (χ1n) is 6.07. The van der Waals surface area contributed by atoms with E-state index in [2.05, 4.69) is 39.0 Å².